The van der Waals surface area contributed by atoms with Gasteiger partial charge in [0, 0.05) is 13.2 Å². The van der Waals surface area contributed by atoms with Gasteiger partial charge in [0.15, 0.2) is 0 Å². The number of carboxylic acids is 1. The van der Waals surface area contributed by atoms with Crippen LogP contribution in [0.1, 0.15) is 44.3 Å². The first-order chi connectivity index (χ1) is 9.03. The Balaban J connectivity index is 2.29. The monoisotopic (exact) mass is 263 g/mol. The van der Waals surface area contributed by atoms with Gasteiger partial charge in [-0.05, 0) is 25.8 Å². The van der Waals surface area contributed by atoms with E-state index in [-0.39, 0.29) is 12.0 Å². The summed E-state index contributed by atoms with van der Waals surface area (Å²) >= 11 is 0. The van der Waals surface area contributed by atoms with Crippen LogP contribution >= 0.6 is 0 Å². The van der Waals surface area contributed by atoms with Crippen molar-refractivity contribution in [2.45, 2.75) is 51.0 Å². The van der Waals surface area contributed by atoms with Crippen LogP contribution < -0.4 is 4.90 Å². The van der Waals surface area contributed by atoms with Gasteiger partial charge in [0.25, 0.3) is 0 Å². The van der Waals surface area contributed by atoms with Gasteiger partial charge >= 0.3 is 5.97 Å². The highest BCUT2D eigenvalue weighted by molar-refractivity contribution is 5.69. The summed E-state index contributed by atoms with van der Waals surface area (Å²) in [4.78, 5) is 21.8. The molecule has 104 valence electrons. The van der Waals surface area contributed by atoms with E-state index in [9.17, 15) is 9.90 Å². The summed E-state index contributed by atoms with van der Waals surface area (Å²) in [6.07, 6.45) is 7.09. The predicted molar refractivity (Wildman–Crippen MR) is 73.2 cm³/mol. The molecule has 1 aromatic heterocycles. The fourth-order valence-corrected chi connectivity index (χ4v) is 3.00. The summed E-state index contributed by atoms with van der Waals surface area (Å²) in [5.41, 5.74) is -0.301. The summed E-state index contributed by atoms with van der Waals surface area (Å²) < 4.78 is 0. The van der Waals surface area contributed by atoms with E-state index in [1.807, 2.05) is 20.0 Å². The van der Waals surface area contributed by atoms with E-state index in [4.69, 9.17) is 0 Å². The molecule has 1 saturated carbocycles. The molecular formula is C14H21N3O2. The molecule has 0 unspecified atom stereocenters. The molecule has 0 radical (unpaired) electrons. The predicted octanol–water partition coefficient (Wildman–Crippen LogP) is 2.40. The van der Waals surface area contributed by atoms with Crippen LogP contribution in [0.5, 0.6) is 0 Å². The molecule has 1 aromatic rings. The normalized spacial score (nSPS) is 18.0. The summed E-state index contributed by atoms with van der Waals surface area (Å²) in [6, 6.07) is 1.85. The summed E-state index contributed by atoms with van der Waals surface area (Å²) in [5.74, 6) is 0.792. The minimum Gasteiger partial charge on any atom is -0.481 e. The van der Waals surface area contributed by atoms with Gasteiger partial charge < -0.3 is 10.0 Å². The molecule has 1 N–H and O–H groups in total. The standard InChI is InChI=1S/C14H21N3O2/c1-11-15-9-6-12(16-11)17(2)14(10-13(18)19)7-4-3-5-8-14/h6,9H,3-5,7-8,10H2,1-2H3,(H,18,19). The topological polar surface area (TPSA) is 66.3 Å². The van der Waals surface area contributed by atoms with E-state index in [0.717, 1.165) is 31.5 Å². The molecule has 0 aromatic carbocycles. The highest BCUT2D eigenvalue weighted by atomic mass is 16.4. The van der Waals surface area contributed by atoms with Crippen molar-refractivity contribution in [1.29, 1.82) is 0 Å². The van der Waals surface area contributed by atoms with E-state index >= 15 is 0 Å². The second-order valence-corrected chi connectivity index (χ2v) is 5.38. The largest absolute Gasteiger partial charge is 0.481 e. The Hall–Kier alpha value is -1.65. The Morgan fingerprint density at radius 1 is 1.42 bits per heavy atom. The van der Waals surface area contributed by atoms with Crippen LogP contribution in [0.25, 0.3) is 0 Å². The van der Waals surface area contributed by atoms with Gasteiger partial charge in [-0.15, -0.1) is 0 Å². The first kappa shape index (κ1) is 13.8. The molecule has 0 bridgehead atoms. The van der Waals surface area contributed by atoms with E-state index in [2.05, 4.69) is 14.9 Å². The Kier molecular flexibility index (Phi) is 4.02. The van der Waals surface area contributed by atoms with Crippen LogP contribution in [0.4, 0.5) is 5.82 Å². The number of nitrogens with zero attached hydrogens (tertiary/aromatic N) is 3. The molecule has 0 aliphatic heterocycles. The maximum absolute atomic E-state index is 11.2. The molecule has 1 heterocycles. The summed E-state index contributed by atoms with van der Waals surface area (Å²) in [7, 11) is 1.95. The van der Waals surface area contributed by atoms with Gasteiger partial charge in [0.2, 0.25) is 0 Å². The molecule has 1 aliphatic rings. The fourth-order valence-electron chi connectivity index (χ4n) is 3.00. The third-order valence-corrected chi connectivity index (χ3v) is 4.08. The van der Waals surface area contributed by atoms with Crippen molar-refractivity contribution in [1.82, 2.24) is 9.97 Å². The van der Waals surface area contributed by atoms with E-state index < -0.39 is 5.97 Å². The molecule has 0 spiro atoms. The van der Waals surface area contributed by atoms with Crippen molar-refractivity contribution in [2.24, 2.45) is 0 Å². The average Bonchev–Trinajstić information content (AvgIpc) is 2.38. The van der Waals surface area contributed by atoms with Crippen LogP contribution in [0, 0.1) is 6.92 Å². The lowest BCUT2D eigenvalue weighted by Gasteiger charge is -2.44. The summed E-state index contributed by atoms with van der Waals surface area (Å²) in [5, 5.41) is 9.22. The summed E-state index contributed by atoms with van der Waals surface area (Å²) in [6.45, 7) is 1.85. The molecule has 5 heteroatoms. The highest BCUT2D eigenvalue weighted by Gasteiger charge is 2.38. The van der Waals surface area contributed by atoms with Crippen LogP contribution in [0.3, 0.4) is 0 Å². The van der Waals surface area contributed by atoms with Gasteiger partial charge in [-0.1, -0.05) is 19.3 Å². The van der Waals surface area contributed by atoms with Crippen LogP contribution in [0.2, 0.25) is 0 Å². The second-order valence-electron chi connectivity index (χ2n) is 5.38. The Morgan fingerprint density at radius 2 is 2.11 bits per heavy atom. The van der Waals surface area contributed by atoms with E-state index in [1.165, 1.54) is 6.42 Å². The molecule has 0 atom stereocenters. The Labute approximate surface area is 113 Å². The van der Waals surface area contributed by atoms with Crippen molar-refractivity contribution >= 4 is 11.8 Å². The maximum Gasteiger partial charge on any atom is 0.305 e. The molecule has 1 fully saturated rings. The fraction of sp³-hybridized carbons (Fsp3) is 0.643. The highest BCUT2D eigenvalue weighted by Crippen LogP contribution is 2.37. The number of aromatic nitrogens is 2. The number of hydrogen-bond donors (Lipinski definition) is 1. The minimum absolute atomic E-state index is 0.173. The van der Waals surface area contributed by atoms with Gasteiger partial charge in [-0.25, -0.2) is 9.97 Å². The Morgan fingerprint density at radius 3 is 2.68 bits per heavy atom. The molecule has 1 aliphatic carbocycles. The quantitative estimate of drug-likeness (QED) is 0.903. The average molecular weight is 263 g/mol. The lowest BCUT2D eigenvalue weighted by atomic mass is 9.78. The Bertz CT molecular complexity index is 456. The molecule has 2 rings (SSSR count). The maximum atomic E-state index is 11.2. The number of aliphatic carboxylic acids is 1. The molecule has 0 amide bonds. The third kappa shape index (κ3) is 3.03. The first-order valence-electron chi connectivity index (χ1n) is 6.79. The van der Waals surface area contributed by atoms with Crippen LogP contribution in [-0.2, 0) is 4.79 Å². The van der Waals surface area contributed by atoms with Crippen molar-refractivity contribution in [3.05, 3.63) is 18.1 Å². The first-order valence-corrected chi connectivity index (χ1v) is 6.79. The zero-order valence-corrected chi connectivity index (χ0v) is 11.6. The van der Waals surface area contributed by atoms with E-state index in [0.29, 0.717) is 5.82 Å². The number of carboxylic acid groups (broad SMARTS) is 1. The minimum atomic E-state index is -0.737. The number of carbonyl (C=O) groups is 1. The number of anilines is 1. The SMILES string of the molecule is Cc1nccc(N(C)C2(CC(=O)O)CCCCC2)n1. The third-order valence-electron chi connectivity index (χ3n) is 4.08. The van der Waals surface area contributed by atoms with E-state index in [1.54, 1.807) is 6.20 Å². The molecule has 19 heavy (non-hydrogen) atoms. The molecule has 5 nitrogen and oxygen atoms in total. The molecule has 0 saturated heterocycles. The second kappa shape index (κ2) is 5.55. The lowest BCUT2D eigenvalue weighted by molar-refractivity contribution is -0.138. The van der Waals surface area contributed by atoms with Crippen LogP contribution in [0.15, 0.2) is 12.3 Å². The zero-order chi connectivity index (χ0) is 13.9. The van der Waals surface area contributed by atoms with Crippen molar-refractivity contribution in [2.75, 3.05) is 11.9 Å². The number of aryl methyl sites for hydroxylation is 1. The number of hydrogen-bond acceptors (Lipinski definition) is 4. The van der Waals surface area contributed by atoms with Crippen LogP contribution in [-0.4, -0.2) is 33.6 Å². The van der Waals surface area contributed by atoms with Crippen molar-refractivity contribution in [3.8, 4) is 0 Å². The van der Waals surface area contributed by atoms with Gasteiger partial charge in [-0.2, -0.15) is 0 Å². The van der Waals surface area contributed by atoms with Crippen molar-refractivity contribution in [3.63, 3.8) is 0 Å². The van der Waals surface area contributed by atoms with Gasteiger partial charge in [-0.3, -0.25) is 4.79 Å². The van der Waals surface area contributed by atoms with Gasteiger partial charge in [0.1, 0.15) is 11.6 Å². The zero-order valence-electron chi connectivity index (χ0n) is 11.6. The molecular weight excluding hydrogens is 242 g/mol. The lowest BCUT2D eigenvalue weighted by Crippen LogP contribution is -2.50. The number of rotatable bonds is 4. The smallest absolute Gasteiger partial charge is 0.305 e. The van der Waals surface area contributed by atoms with Gasteiger partial charge in [0.05, 0.1) is 12.0 Å². The van der Waals surface area contributed by atoms with Crippen molar-refractivity contribution < 1.29 is 9.90 Å².